The topological polar surface area (TPSA) is 81.2 Å². The Balaban J connectivity index is 1.40. The predicted octanol–water partition coefficient (Wildman–Crippen LogP) is 4.57. The molecule has 0 aromatic heterocycles. The van der Waals surface area contributed by atoms with Gasteiger partial charge < -0.3 is 9.80 Å². The fraction of sp³-hybridized carbons (Fsp3) is 0.290. The fourth-order valence-corrected chi connectivity index (χ4v) is 9.31. The maximum atomic E-state index is 14.5. The van der Waals surface area contributed by atoms with Crippen LogP contribution in [-0.4, -0.2) is 54.5 Å². The lowest BCUT2D eigenvalue weighted by molar-refractivity contribution is -0.162. The van der Waals surface area contributed by atoms with Crippen molar-refractivity contribution in [1.29, 1.82) is 0 Å². The SMILES string of the molecule is CN1C(=O)[C@@]2(C)C[C@]3(C4=CCc5ccccc54)c4ccccc4N(S(=O)O)[C@@H]3N2C(=O)[C@@H]1SCc1ccccc1. The van der Waals surface area contributed by atoms with Crippen molar-refractivity contribution >= 4 is 46.1 Å². The maximum Gasteiger partial charge on any atom is 0.263 e. The van der Waals surface area contributed by atoms with Gasteiger partial charge in [-0.25, -0.2) is 8.51 Å². The second kappa shape index (κ2) is 9.06. The van der Waals surface area contributed by atoms with Crippen molar-refractivity contribution in [1.82, 2.24) is 9.80 Å². The Morgan fingerprint density at radius 1 is 1.00 bits per heavy atom. The van der Waals surface area contributed by atoms with E-state index in [1.165, 1.54) is 21.6 Å². The molecule has 0 radical (unpaired) electrons. The van der Waals surface area contributed by atoms with Crippen LogP contribution in [0.3, 0.4) is 0 Å². The van der Waals surface area contributed by atoms with Gasteiger partial charge in [-0.3, -0.25) is 14.1 Å². The van der Waals surface area contributed by atoms with Gasteiger partial charge in [-0.05, 0) is 53.7 Å². The van der Waals surface area contributed by atoms with Gasteiger partial charge in [0, 0.05) is 12.8 Å². The zero-order valence-corrected chi connectivity index (χ0v) is 23.8. The van der Waals surface area contributed by atoms with E-state index in [9.17, 15) is 18.4 Å². The zero-order chi connectivity index (χ0) is 27.8. The lowest BCUT2D eigenvalue weighted by Crippen LogP contribution is -2.69. The average molecular weight is 572 g/mol. The summed E-state index contributed by atoms with van der Waals surface area (Å²) in [6, 6.07) is 25.6. The van der Waals surface area contributed by atoms with Crippen LogP contribution >= 0.6 is 11.8 Å². The van der Waals surface area contributed by atoms with Crippen LogP contribution in [0.1, 0.15) is 35.6 Å². The molecule has 0 bridgehead atoms. The highest BCUT2D eigenvalue weighted by atomic mass is 32.2. The zero-order valence-electron chi connectivity index (χ0n) is 22.2. The van der Waals surface area contributed by atoms with E-state index in [1.807, 2.05) is 73.7 Å². The molecule has 3 aromatic carbocycles. The molecule has 204 valence electrons. The van der Waals surface area contributed by atoms with Gasteiger partial charge in [0.25, 0.3) is 17.2 Å². The molecule has 0 saturated carbocycles. The number of hydrogen-bond donors (Lipinski definition) is 1. The smallest absolute Gasteiger partial charge is 0.263 e. The first-order valence-corrected chi connectivity index (χ1v) is 15.4. The predicted molar refractivity (Wildman–Crippen MR) is 157 cm³/mol. The minimum atomic E-state index is -2.43. The summed E-state index contributed by atoms with van der Waals surface area (Å²) in [6.45, 7) is 1.82. The van der Waals surface area contributed by atoms with Crippen LogP contribution in [0.2, 0.25) is 0 Å². The van der Waals surface area contributed by atoms with Gasteiger partial charge in [0.05, 0.1) is 11.1 Å². The Bertz CT molecular complexity index is 1610. The molecule has 2 amide bonds. The minimum Gasteiger partial charge on any atom is -0.323 e. The normalized spacial score (nSPS) is 29.2. The number of nitrogens with zero attached hydrogens (tertiary/aromatic N) is 3. The number of likely N-dealkylation sites (N-methyl/N-ethyl adjacent to an activating group) is 1. The van der Waals surface area contributed by atoms with E-state index in [4.69, 9.17) is 0 Å². The van der Waals surface area contributed by atoms with Gasteiger partial charge in [-0.2, -0.15) is 0 Å². The molecule has 1 N–H and O–H groups in total. The van der Waals surface area contributed by atoms with E-state index >= 15 is 0 Å². The Morgan fingerprint density at radius 2 is 1.70 bits per heavy atom. The van der Waals surface area contributed by atoms with Crippen LogP contribution in [0, 0.1) is 0 Å². The number of carbonyl (C=O) groups is 2. The number of anilines is 1. The molecule has 40 heavy (non-hydrogen) atoms. The number of benzene rings is 3. The lowest BCUT2D eigenvalue weighted by Gasteiger charge is -2.48. The van der Waals surface area contributed by atoms with E-state index in [1.54, 1.807) is 16.8 Å². The van der Waals surface area contributed by atoms with Crippen molar-refractivity contribution in [2.45, 2.75) is 48.0 Å². The molecular formula is C31H29N3O4S2. The summed E-state index contributed by atoms with van der Waals surface area (Å²) in [5.41, 5.74) is 3.76. The molecule has 1 aliphatic carbocycles. The number of amides is 2. The summed E-state index contributed by atoms with van der Waals surface area (Å²) in [6.07, 6.45) is 2.40. The maximum absolute atomic E-state index is 14.5. The molecule has 7 nitrogen and oxygen atoms in total. The summed E-state index contributed by atoms with van der Waals surface area (Å²) in [7, 11) is 1.70. The van der Waals surface area contributed by atoms with Crippen molar-refractivity contribution in [3.63, 3.8) is 0 Å². The van der Waals surface area contributed by atoms with Crippen LogP contribution in [0.25, 0.3) is 5.57 Å². The van der Waals surface area contributed by atoms with Crippen LogP contribution in [0.4, 0.5) is 5.69 Å². The molecular weight excluding hydrogens is 542 g/mol. The van der Waals surface area contributed by atoms with E-state index in [2.05, 4.69) is 18.2 Å². The van der Waals surface area contributed by atoms with Gasteiger partial charge in [0.2, 0.25) is 5.91 Å². The van der Waals surface area contributed by atoms with Gasteiger partial charge in [-0.1, -0.05) is 78.9 Å². The Hall–Kier alpha value is -3.40. The van der Waals surface area contributed by atoms with Crippen molar-refractivity contribution in [3.8, 4) is 0 Å². The minimum absolute atomic E-state index is 0.153. The number of piperazine rings is 1. The van der Waals surface area contributed by atoms with Crippen molar-refractivity contribution in [2.75, 3.05) is 11.4 Å². The molecule has 5 atom stereocenters. The summed E-state index contributed by atoms with van der Waals surface area (Å²) in [5, 5.41) is -0.751. The lowest BCUT2D eigenvalue weighted by atomic mass is 9.68. The van der Waals surface area contributed by atoms with E-state index in [0.717, 1.165) is 28.7 Å². The molecule has 7 rings (SSSR count). The first kappa shape index (κ1) is 25.6. The Labute approximate surface area is 240 Å². The van der Waals surface area contributed by atoms with E-state index in [0.29, 0.717) is 17.9 Å². The fourth-order valence-electron chi connectivity index (χ4n) is 7.42. The molecule has 2 fully saturated rings. The molecule has 3 aromatic rings. The van der Waals surface area contributed by atoms with Gasteiger partial charge >= 0.3 is 0 Å². The summed E-state index contributed by atoms with van der Waals surface area (Å²) in [5.74, 6) is 0.191. The third kappa shape index (κ3) is 3.31. The molecule has 3 aliphatic heterocycles. The van der Waals surface area contributed by atoms with E-state index in [-0.39, 0.29) is 11.8 Å². The first-order valence-electron chi connectivity index (χ1n) is 13.3. The molecule has 3 heterocycles. The largest absolute Gasteiger partial charge is 0.323 e. The molecule has 0 spiro atoms. The van der Waals surface area contributed by atoms with Gasteiger partial charge in [0.15, 0.2) is 5.37 Å². The number of fused-ring (bicyclic) bond motifs is 6. The van der Waals surface area contributed by atoms with Crippen molar-refractivity contribution in [3.05, 3.63) is 107 Å². The third-order valence-corrected chi connectivity index (χ3v) is 11.1. The highest BCUT2D eigenvalue weighted by Crippen LogP contribution is 2.65. The molecule has 9 heteroatoms. The van der Waals surface area contributed by atoms with Gasteiger partial charge in [-0.15, -0.1) is 11.8 Å². The molecule has 2 saturated heterocycles. The van der Waals surface area contributed by atoms with Crippen LogP contribution in [-0.2, 0) is 38.4 Å². The van der Waals surface area contributed by atoms with Crippen LogP contribution in [0.5, 0.6) is 0 Å². The van der Waals surface area contributed by atoms with Crippen molar-refractivity contribution in [2.24, 2.45) is 0 Å². The second-order valence-corrected chi connectivity index (χ2v) is 13.0. The number of allylic oxidation sites excluding steroid dienone is 1. The van der Waals surface area contributed by atoms with Crippen LogP contribution in [0.15, 0.2) is 84.9 Å². The Kier molecular flexibility index (Phi) is 5.79. The molecule has 4 aliphatic rings. The molecule has 1 unspecified atom stereocenters. The number of para-hydroxylation sites is 1. The van der Waals surface area contributed by atoms with Gasteiger partial charge in [0.1, 0.15) is 11.7 Å². The van der Waals surface area contributed by atoms with E-state index < -0.39 is 33.8 Å². The average Bonchev–Trinajstić information content (AvgIpc) is 3.59. The quantitative estimate of drug-likeness (QED) is 0.454. The summed E-state index contributed by atoms with van der Waals surface area (Å²) in [4.78, 5) is 32.0. The summed E-state index contributed by atoms with van der Waals surface area (Å²) < 4.78 is 25.3. The second-order valence-electron chi connectivity index (χ2n) is 11.1. The monoisotopic (exact) mass is 571 g/mol. The van der Waals surface area contributed by atoms with Crippen molar-refractivity contribution < 1.29 is 18.4 Å². The first-order chi connectivity index (χ1) is 19.3. The summed E-state index contributed by atoms with van der Waals surface area (Å²) >= 11 is -1.02. The number of rotatable bonds is 5. The third-order valence-electron chi connectivity index (χ3n) is 9.00. The highest BCUT2D eigenvalue weighted by Gasteiger charge is 2.73. The van der Waals surface area contributed by atoms with Crippen LogP contribution < -0.4 is 4.31 Å². The number of carbonyl (C=O) groups excluding carboxylic acids is 2. The number of hydrogen-bond acceptors (Lipinski definition) is 4. The Morgan fingerprint density at radius 3 is 2.48 bits per heavy atom. The number of thioether (sulfide) groups is 1. The standard InChI is InChI=1S/C31H29N3O4S2/c1-30-19-31(23-17-16-21-12-6-7-13-22(21)23)24-14-8-9-15-25(24)34(40(37)38)28(31)33(30)26(35)27(32(2)29(30)36)39-18-20-10-4-3-5-11-20/h3-15,17,27-28H,16,18-19H2,1-2H3,(H,37,38)/t27-,28-,30+,31-/m0/s1. The highest BCUT2D eigenvalue weighted by molar-refractivity contribution is 7.99.